The summed E-state index contributed by atoms with van der Waals surface area (Å²) < 4.78 is 0. The van der Waals surface area contributed by atoms with Crippen molar-refractivity contribution in [2.45, 2.75) is 39.0 Å². The van der Waals surface area contributed by atoms with Gasteiger partial charge in [-0.2, -0.15) is 11.8 Å². The lowest BCUT2D eigenvalue weighted by Crippen LogP contribution is -2.35. The van der Waals surface area contributed by atoms with Gasteiger partial charge in [0, 0.05) is 24.8 Å². The minimum atomic E-state index is 0.370. The Kier molecular flexibility index (Phi) is 8.36. The van der Waals surface area contributed by atoms with Gasteiger partial charge in [0.25, 0.3) is 0 Å². The second kappa shape index (κ2) is 9.26. The van der Waals surface area contributed by atoms with Crippen molar-refractivity contribution in [1.82, 2.24) is 4.90 Å². The first-order valence-corrected chi connectivity index (χ1v) is 8.97. The van der Waals surface area contributed by atoms with Crippen molar-refractivity contribution in [2.24, 2.45) is 5.92 Å². The number of rotatable bonds is 7. The maximum Gasteiger partial charge on any atom is 0.222 e. The summed E-state index contributed by atoms with van der Waals surface area (Å²) in [5.74, 6) is 3.49. The summed E-state index contributed by atoms with van der Waals surface area (Å²) in [4.78, 5) is 14.2. The minimum absolute atomic E-state index is 0.370. The summed E-state index contributed by atoms with van der Waals surface area (Å²) in [5.41, 5.74) is 0. The third-order valence-electron chi connectivity index (χ3n) is 3.29. The molecule has 1 aliphatic heterocycles. The van der Waals surface area contributed by atoms with Crippen LogP contribution in [0.4, 0.5) is 0 Å². The van der Waals surface area contributed by atoms with Gasteiger partial charge in [-0.15, -0.1) is 0 Å². The molecule has 1 fully saturated rings. The first-order valence-electron chi connectivity index (χ1n) is 6.69. The van der Waals surface area contributed by atoms with E-state index in [0.717, 1.165) is 37.7 Å². The average Bonchev–Trinajstić information content (AvgIpc) is 2.35. The van der Waals surface area contributed by atoms with Crippen molar-refractivity contribution in [3.05, 3.63) is 0 Å². The molecular formula is C13H24BrNOS. The first-order chi connectivity index (χ1) is 8.27. The molecule has 4 heteroatoms. The van der Waals surface area contributed by atoms with E-state index >= 15 is 0 Å². The molecule has 0 aromatic carbocycles. The normalized spacial score (nSPS) is 17.1. The smallest absolute Gasteiger partial charge is 0.222 e. The Morgan fingerprint density at radius 1 is 1.35 bits per heavy atom. The van der Waals surface area contributed by atoms with Crippen LogP contribution in [0, 0.1) is 5.92 Å². The number of carbonyl (C=O) groups excluding carboxylic acids is 1. The quantitative estimate of drug-likeness (QED) is 0.668. The zero-order valence-corrected chi connectivity index (χ0v) is 13.2. The number of nitrogens with zero attached hydrogens (tertiary/aromatic N) is 1. The van der Waals surface area contributed by atoms with E-state index in [1.54, 1.807) is 0 Å². The molecular weight excluding hydrogens is 298 g/mol. The highest BCUT2D eigenvalue weighted by molar-refractivity contribution is 9.09. The van der Waals surface area contributed by atoms with Gasteiger partial charge in [0.2, 0.25) is 5.91 Å². The van der Waals surface area contributed by atoms with Crippen LogP contribution in [-0.4, -0.2) is 40.7 Å². The molecule has 0 bridgehead atoms. The second-order valence-corrected chi connectivity index (χ2v) is 6.70. The Hall–Kier alpha value is 0.300. The zero-order valence-electron chi connectivity index (χ0n) is 10.8. The molecule has 1 heterocycles. The number of amides is 1. The van der Waals surface area contributed by atoms with E-state index in [1.165, 1.54) is 24.3 Å². The first kappa shape index (κ1) is 15.4. The van der Waals surface area contributed by atoms with Crippen molar-refractivity contribution < 1.29 is 4.79 Å². The van der Waals surface area contributed by atoms with Crippen LogP contribution in [0.3, 0.4) is 0 Å². The fourth-order valence-corrected chi connectivity index (χ4v) is 3.77. The number of halogens is 1. The van der Waals surface area contributed by atoms with E-state index in [4.69, 9.17) is 0 Å². The minimum Gasteiger partial charge on any atom is -0.342 e. The molecule has 100 valence electrons. The molecule has 2 nitrogen and oxygen atoms in total. The lowest BCUT2D eigenvalue weighted by Gasteiger charge is -2.26. The monoisotopic (exact) mass is 321 g/mol. The highest BCUT2D eigenvalue weighted by Gasteiger charge is 2.20. The second-order valence-electron chi connectivity index (χ2n) is 4.68. The maximum absolute atomic E-state index is 12.2. The molecule has 1 rings (SSSR count). The molecule has 17 heavy (non-hydrogen) atoms. The summed E-state index contributed by atoms with van der Waals surface area (Å²) in [6, 6.07) is 0. The van der Waals surface area contributed by atoms with Gasteiger partial charge in [-0.05, 0) is 36.7 Å². The highest BCUT2D eigenvalue weighted by atomic mass is 79.9. The van der Waals surface area contributed by atoms with Crippen molar-refractivity contribution in [2.75, 3.05) is 29.9 Å². The van der Waals surface area contributed by atoms with Crippen LogP contribution >= 0.6 is 27.7 Å². The molecule has 0 saturated carbocycles. The lowest BCUT2D eigenvalue weighted by atomic mass is 9.98. The maximum atomic E-state index is 12.2. The van der Waals surface area contributed by atoms with E-state index in [-0.39, 0.29) is 0 Å². The largest absolute Gasteiger partial charge is 0.342 e. The Bertz CT molecular complexity index is 219. The van der Waals surface area contributed by atoms with Gasteiger partial charge in [0.1, 0.15) is 0 Å². The molecule has 1 saturated heterocycles. The standard InChI is InChI=1S/C13H24BrNOS/c1-2-3-7-15(8-6-14)13(16)11-12-4-9-17-10-5-12/h12H,2-11H2,1H3. The Balaban J connectivity index is 2.34. The fraction of sp³-hybridized carbons (Fsp3) is 0.923. The molecule has 0 atom stereocenters. The predicted octanol–water partition coefficient (Wildman–Crippen LogP) is 3.54. The van der Waals surface area contributed by atoms with E-state index in [2.05, 4.69) is 22.9 Å². The summed E-state index contributed by atoms with van der Waals surface area (Å²) in [6.45, 7) is 3.97. The van der Waals surface area contributed by atoms with E-state index < -0.39 is 0 Å². The number of alkyl halides is 1. The van der Waals surface area contributed by atoms with Crippen LogP contribution in [0.2, 0.25) is 0 Å². The zero-order chi connectivity index (χ0) is 12.5. The Labute approximate surface area is 118 Å². The van der Waals surface area contributed by atoms with Gasteiger partial charge < -0.3 is 4.90 Å². The van der Waals surface area contributed by atoms with Crippen LogP contribution in [0.15, 0.2) is 0 Å². The van der Waals surface area contributed by atoms with Gasteiger partial charge in [-0.3, -0.25) is 4.79 Å². The van der Waals surface area contributed by atoms with Gasteiger partial charge in [0.05, 0.1) is 0 Å². The SMILES string of the molecule is CCCCN(CCBr)C(=O)CC1CCSCC1. The van der Waals surface area contributed by atoms with Gasteiger partial charge in [0.15, 0.2) is 0 Å². The van der Waals surface area contributed by atoms with E-state index in [0.29, 0.717) is 11.8 Å². The predicted molar refractivity (Wildman–Crippen MR) is 79.9 cm³/mol. The van der Waals surface area contributed by atoms with Crippen molar-refractivity contribution >= 4 is 33.6 Å². The molecule has 0 radical (unpaired) electrons. The van der Waals surface area contributed by atoms with E-state index in [9.17, 15) is 4.79 Å². The van der Waals surface area contributed by atoms with Crippen molar-refractivity contribution in [1.29, 1.82) is 0 Å². The average molecular weight is 322 g/mol. The summed E-state index contributed by atoms with van der Waals surface area (Å²) in [7, 11) is 0. The Morgan fingerprint density at radius 3 is 2.65 bits per heavy atom. The molecule has 0 spiro atoms. The fourth-order valence-electron chi connectivity index (χ4n) is 2.14. The Morgan fingerprint density at radius 2 is 2.06 bits per heavy atom. The van der Waals surface area contributed by atoms with Gasteiger partial charge in [-0.25, -0.2) is 0 Å². The third kappa shape index (κ3) is 6.14. The summed E-state index contributed by atoms with van der Waals surface area (Å²) in [6.07, 6.45) is 5.52. The number of unbranched alkanes of at least 4 members (excludes halogenated alkanes) is 1. The van der Waals surface area contributed by atoms with Crippen LogP contribution in [0.1, 0.15) is 39.0 Å². The van der Waals surface area contributed by atoms with Crippen molar-refractivity contribution in [3.63, 3.8) is 0 Å². The van der Waals surface area contributed by atoms with Gasteiger partial charge >= 0.3 is 0 Å². The van der Waals surface area contributed by atoms with Gasteiger partial charge in [-0.1, -0.05) is 29.3 Å². The molecule has 0 aromatic rings. The van der Waals surface area contributed by atoms with Crippen LogP contribution in [-0.2, 0) is 4.79 Å². The van der Waals surface area contributed by atoms with E-state index in [1.807, 2.05) is 16.7 Å². The number of hydrogen-bond donors (Lipinski definition) is 0. The number of hydrogen-bond acceptors (Lipinski definition) is 2. The van der Waals surface area contributed by atoms with Crippen LogP contribution in [0.5, 0.6) is 0 Å². The summed E-state index contributed by atoms with van der Waals surface area (Å²) in [5, 5.41) is 0.892. The summed E-state index contributed by atoms with van der Waals surface area (Å²) >= 11 is 5.46. The number of carbonyl (C=O) groups is 1. The molecule has 0 aromatic heterocycles. The molecule has 0 aliphatic carbocycles. The molecule has 0 N–H and O–H groups in total. The van der Waals surface area contributed by atoms with Crippen LogP contribution < -0.4 is 0 Å². The highest BCUT2D eigenvalue weighted by Crippen LogP contribution is 2.25. The third-order valence-corrected chi connectivity index (χ3v) is 4.70. The molecule has 1 aliphatic rings. The molecule has 0 unspecified atom stereocenters. The lowest BCUT2D eigenvalue weighted by molar-refractivity contribution is -0.132. The number of thioether (sulfide) groups is 1. The topological polar surface area (TPSA) is 20.3 Å². The van der Waals surface area contributed by atoms with Crippen molar-refractivity contribution in [3.8, 4) is 0 Å². The van der Waals surface area contributed by atoms with Crippen LogP contribution in [0.25, 0.3) is 0 Å². The molecule has 1 amide bonds.